The van der Waals surface area contributed by atoms with Crippen molar-refractivity contribution in [2.45, 2.75) is 6.92 Å². The molecule has 0 amide bonds. The molecule has 0 spiro atoms. The van der Waals surface area contributed by atoms with Gasteiger partial charge in [0, 0.05) is 5.57 Å². The van der Waals surface area contributed by atoms with E-state index in [1.54, 1.807) is 12.1 Å². The van der Waals surface area contributed by atoms with Gasteiger partial charge in [-0.3, -0.25) is 0 Å². The molecule has 3 heteroatoms. The third-order valence-electron chi connectivity index (χ3n) is 1.59. The summed E-state index contributed by atoms with van der Waals surface area (Å²) in [5.41, 5.74) is 0.922. The maximum atomic E-state index is 10.5. The van der Waals surface area contributed by atoms with Gasteiger partial charge in [-0.25, -0.2) is 4.79 Å². The number of carbonyl (C=O) groups is 1. The second-order valence-corrected chi connectivity index (χ2v) is 2.73. The van der Waals surface area contributed by atoms with Gasteiger partial charge in [0.15, 0.2) is 0 Å². The van der Waals surface area contributed by atoms with Crippen LogP contribution in [0.25, 0.3) is 6.08 Å². The van der Waals surface area contributed by atoms with Crippen molar-refractivity contribution in [1.82, 2.24) is 0 Å². The van der Waals surface area contributed by atoms with Crippen molar-refractivity contribution in [1.29, 1.82) is 0 Å². The molecule has 1 rings (SSSR count). The van der Waals surface area contributed by atoms with E-state index in [0.717, 1.165) is 0 Å². The molecule has 0 radical (unpaired) electrons. The van der Waals surface area contributed by atoms with E-state index >= 15 is 0 Å². The fourth-order valence-electron chi connectivity index (χ4n) is 0.926. The normalized spacial score (nSPS) is 11.3. The van der Waals surface area contributed by atoms with Crippen LogP contribution < -0.4 is 0 Å². The lowest BCUT2D eigenvalue weighted by Crippen LogP contribution is -1.95. The molecule has 0 fully saturated rings. The monoisotopic (exact) mass is 178 g/mol. The van der Waals surface area contributed by atoms with Crippen LogP contribution >= 0.6 is 0 Å². The summed E-state index contributed by atoms with van der Waals surface area (Å²) < 4.78 is 0. The lowest BCUT2D eigenvalue weighted by Gasteiger charge is -1.96. The second-order valence-electron chi connectivity index (χ2n) is 2.73. The minimum atomic E-state index is -0.955. The van der Waals surface area contributed by atoms with Crippen LogP contribution in [-0.4, -0.2) is 16.2 Å². The largest absolute Gasteiger partial charge is 0.508 e. The van der Waals surface area contributed by atoms with Gasteiger partial charge < -0.3 is 10.2 Å². The summed E-state index contributed by atoms with van der Waals surface area (Å²) in [6, 6.07) is 6.43. The number of rotatable bonds is 2. The number of aliphatic carboxylic acids is 1. The van der Waals surface area contributed by atoms with Crippen LogP contribution in [0.2, 0.25) is 0 Å². The van der Waals surface area contributed by atoms with Gasteiger partial charge in [-0.05, 0) is 30.7 Å². The Morgan fingerprint density at radius 3 is 2.69 bits per heavy atom. The molecule has 3 nitrogen and oxygen atoms in total. The first-order valence-electron chi connectivity index (χ1n) is 3.80. The van der Waals surface area contributed by atoms with Crippen LogP contribution in [0, 0.1) is 0 Å². The average molecular weight is 178 g/mol. The van der Waals surface area contributed by atoms with Gasteiger partial charge >= 0.3 is 5.97 Å². The molecule has 1 aromatic carbocycles. The average Bonchev–Trinajstić information content (AvgIpc) is 2.04. The Labute approximate surface area is 76.0 Å². The van der Waals surface area contributed by atoms with Crippen molar-refractivity contribution in [3.63, 3.8) is 0 Å². The fourth-order valence-corrected chi connectivity index (χ4v) is 0.926. The molecule has 0 saturated heterocycles. The van der Waals surface area contributed by atoms with E-state index in [9.17, 15) is 4.79 Å². The number of carboxylic acids is 1. The summed E-state index contributed by atoms with van der Waals surface area (Å²) in [6.45, 7) is 1.51. The summed E-state index contributed by atoms with van der Waals surface area (Å²) >= 11 is 0. The van der Waals surface area contributed by atoms with Gasteiger partial charge in [0.1, 0.15) is 5.75 Å². The van der Waals surface area contributed by atoms with E-state index in [2.05, 4.69) is 0 Å². The standard InChI is InChI=1S/C10H10O3/c1-7(10(12)13)5-8-3-2-4-9(11)6-8/h2-6,11H,1H3,(H,12,13). The van der Waals surface area contributed by atoms with E-state index in [1.807, 2.05) is 0 Å². The molecule has 0 bridgehead atoms. The number of carboxylic acid groups (broad SMARTS) is 1. The summed E-state index contributed by atoms with van der Waals surface area (Å²) in [7, 11) is 0. The molecule has 0 aliphatic heterocycles. The van der Waals surface area contributed by atoms with Crippen LogP contribution in [-0.2, 0) is 4.79 Å². The molecular weight excluding hydrogens is 168 g/mol. The maximum Gasteiger partial charge on any atom is 0.331 e. The molecule has 0 aliphatic rings. The van der Waals surface area contributed by atoms with Crippen LogP contribution in [0.15, 0.2) is 29.8 Å². The third-order valence-corrected chi connectivity index (χ3v) is 1.59. The SMILES string of the molecule is CC(=Cc1cccc(O)c1)C(=O)O. The molecule has 2 N–H and O–H groups in total. The van der Waals surface area contributed by atoms with E-state index < -0.39 is 5.97 Å². The van der Waals surface area contributed by atoms with E-state index in [4.69, 9.17) is 10.2 Å². The highest BCUT2D eigenvalue weighted by atomic mass is 16.4. The van der Waals surface area contributed by atoms with Crippen LogP contribution in [0.3, 0.4) is 0 Å². The summed E-state index contributed by atoms with van der Waals surface area (Å²) in [5, 5.41) is 17.7. The predicted molar refractivity (Wildman–Crippen MR) is 49.4 cm³/mol. The number of aromatic hydroxyl groups is 1. The highest BCUT2D eigenvalue weighted by Crippen LogP contribution is 2.13. The molecule has 1 aromatic rings. The van der Waals surface area contributed by atoms with Gasteiger partial charge in [-0.2, -0.15) is 0 Å². The molecule has 0 aliphatic carbocycles. The lowest BCUT2D eigenvalue weighted by molar-refractivity contribution is -0.132. The zero-order valence-corrected chi connectivity index (χ0v) is 7.19. The molecule has 0 atom stereocenters. The van der Waals surface area contributed by atoms with Crippen molar-refractivity contribution >= 4 is 12.0 Å². The van der Waals surface area contributed by atoms with Gasteiger partial charge in [-0.1, -0.05) is 12.1 Å². The quantitative estimate of drug-likeness (QED) is 0.680. The number of hydrogen-bond donors (Lipinski definition) is 2. The van der Waals surface area contributed by atoms with Crippen LogP contribution in [0.1, 0.15) is 12.5 Å². The lowest BCUT2D eigenvalue weighted by atomic mass is 10.1. The number of phenols is 1. The van der Waals surface area contributed by atoms with Crippen LogP contribution in [0.5, 0.6) is 5.75 Å². The topological polar surface area (TPSA) is 57.5 Å². The Balaban J connectivity index is 2.97. The molecule has 0 saturated carbocycles. The zero-order chi connectivity index (χ0) is 9.84. The van der Waals surface area contributed by atoms with Gasteiger partial charge in [0.25, 0.3) is 0 Å². The second kappa shape index (κ2) is 3.76. The molecule has 13 heavy (non-hydrogen) atoms. The van der Waals surface area contributed by atoms with Gasteiger partial charge in [-0.15, -0.1) is 0 Å². The Morgan fingerprint density at radius 2 is 2.15 bits per heavy atom. The molecule has 68 valence electrons. The van der Waals surface area contributed by atoms with Crippen molar-refractivity contribution in [2.75, 3.05) is 0 Å². The Hall–Kier alpha value is -1.77. The van der Waals surface area contributed by atoms with Crippen molar-refractivity contribution in [2.24, 2.45) is 0 Å². The molecule has 0 aromatic heterocycles. The fraction of sp³-hybridized carbons (Fsp3) is 0.100. The third kappa shape index (κ3) is 2.63. The summed E-state index contributed by atoms with van der Waals surface area (Å²) in [5.74, 6) is -0.824. The first-order valence-corrected chi connectivity index (χ1v) is 3.80. The molecule has 0 heterocycles. The Kier molecular flexibility index (Phi) is 2.69. The Morgan fingerprint density at radius 1 is 1.46 bits per heavy atom. The minimum absolute atomic E-state index is 0.131. The zero-order valence-electron chi connectivity index (χ0n) is 7.19. The predicted octanol–water partition coefficient (Wildman–Crippen LogP) is 1.88. The maximum absolute atomic E-state index is 10.5. The van der Waals surface area contributed by atoms with E-state index in [1.165, 1.54) is 25.1 Å². The number of phenolic OH excluding ortho intramolecular Hbond substituents is 1. The first-order chi connectivity index (χ1) is 6.09. The van der Waals surface area contributed by atoms with Crippen molar-refractivity contribution < 1.29 is 15.0 Å². The summed E-state index contributed by atoms with van der Waals surface area (Å²) in [6.07, 6.45) is 1.50. The smallest absolute Gasteiger partial charge is 0.331 e. The van der Waals surface area contributed by atoms with E-state index in [-0.39, 0.29) is 11.3 Å². The van der Waals surface area contributed by atoms with E-state index in [0.29, 0.717) is 5.56 Å². The molecular formula is C10H10O3. The van der Waals surface area contributed by atoms with Crippen molar-refractivity contribution in [3.8, 4) is 5.75 Å². The summed E-state index contributed by atoms with van der Waals surface area (Å²) in [4.78, 5) is 10.5. The highest BCUT2D eigenvalue weighted by Gasteiger charge is 1.99. The molecule has 0 unspecified atom stereocenters. The van der Waals surface area contributed by atoms with Gasteiger partial charge in [0.05, 0.1) is 0 Å². The number of hydrogen-bond acceptors (Lipinski definition) is 2. The van der Waals surface area contributed by atoms with Crippen molar-refractivity contribution in [3.05, 3.63) is 35.4 Å². The number of benzene rings is 1. The van der Waals surface area contributed by atoms with Gasteiger partial charge in [0.2, 0.25) is 0 Å². The minimum Gasteiger partial charge on any atom is -0.508 e. The highest BCUT2D eigenvalue weighted by molar-refractivity contribution is 5.91. The Bertz CT molecular complexity index is 353. The first kappa shape index (κ1) is 9.32. The van der Waals surface area contributed by atoms with Crippen LogP contribution in [0.4, 0.5) is 0 Å².